The topological polar surface area (TPSA) is 58.2 Å². The second-order valence-electron chi connectivity index (χ2n) is 5.27. The summed E-state index contributed by atoms with van der Waals surface area (Å²) in [5.41, 5.74) is 0.922. The Morgan fingerprint density at radius 3 is 2.35 bits per heavy atom. The van der Waals surface area contributed by atoms with Gasteiger partial charge in [-0.3, -0.25) is 9.59 Å². The molecule has 4 heteroatoms. The largest absolute Gasteiger partial charge is 0.354 e. The van der Waals surface area contributed by atoms with Gasteiger partial charge in [0.05, 0.1) is 0 Å². The number of hydrogen-bond donors (Lipinski definition) is 2. The fourth-order valence-electron chi connectivity index (χ4n) is 1.92. The average Bonchev–Trinajstić information content (AvgIpc) is 2.43. The van der Waals surface area contributed by atoms with Crippen molar-refractivity contribution >= 4 is 11.8 Å². The normalized spacial score (nSPS) is 10.7. The van der Waals surface area contributed by atoms with Crippen molar-refractivity contribution in [1.82, 2.24) is 10.6 Å². The summed E-state index contributed by atoms with van der Waals surface area (Å²) in [6.07, 6.45) is 1.62. The molecule has 2 N–H and O–H groups in total. The molecule has 0 saturated heterocycles. The monoisotopic (exact) mass is 274 g/mol. The van der Waals surface area contributed by atoms with Crippen molar-refractivity contribution < 1.29 is 9.59 Å². The highest BCUT2D eigenvalue weighted by Gasteiger charge is 2.23. The Morgan fingerprint density at radius 2 is 1.75 bits per heavy atom. The van der Waals surface area contributed by atoms with E-state index in [2.05, 4.69) is 17.2 Å². The first-order valence-corrected chi connectivity index (χ1v) is 6.68. The van der Waals surface area contributed by atoms with Crippen LogP contribution in [-0.2, 0) is 15.0 Å². The number of carbonyl (C=O) groups is 2. The molecular formula is C16H22N2O2. The summed E-state index contributed by atoms with van der Waals surface area (Å²) in [6, 6.07) is 9.96. The first-order chi connectivity index (χ1) is 9.45. The summed E-state index contributed by atoms with van der Waals surface area (Å²) in [6.45, 7) is 8.27. The van der Waals surface area contributed by atoms with Crippen LogP contribution in [0.4, 0.5) is 0 Å². The van der Waals surface area contributed by atoms with Crippen molar-refractivity contribution in [2.24, 2.45) is 0 Å². The molecule has 0 atom stereocenters. The van der Waals surface area contributed by atoms with Crippen LogP contribution in [0.2, 0.25) is 0 Å². The van der Waals surface area contributed by atoms with Gasteiger partial charge in [-0.25, -0.2) is 0 Å². The Kier molecular flexibility index (Phi) is 5.97. The number of benzene rings is 1. The third-order valence-corrected chi connectivity index (χ3v) is 3.09. The van der Waals surface area contributed by atoms with E-state index in [1.807, 2.05) is 44.2 Å². The van der Waals surface area contributed by atoms with Crippen LogP contribution in [0.5, 0.6) is 0 Å². The number of amides is 2. The molecule has 20 heavy (non-hydrogen) atoms. The highest BCUT2D eigenvalue weighted by atomic mass is 16.2. The van der Waals surface area contributed by atoms with E-state index in [-0.39, 0.29) is 17.2 Å². The van der Waals surface area contributed by atoms with Crippen LogP contribution in [0, 0.1) is 0 Å². The maximum absolute atomic E-state index is 11.9. The molecule has 108 valence electrons. The lowest BCUT2D eigenvalue weighted by Crippen LogP contribution is -2.36. The number of rotatable bonds is 7. The third-order valence-electron chi connectivity index (χ3n) is 3.09. The Balaban J connectivity index is 2.38. The first-order valence-electron chi connectivity index (χ1n) is 6.68. The van der Waals surface area contributed by atoms with Gasteiger partial charge in [0.2, 0.25) is 11.8 Å². The zero-order valence-electron chi connectivity index (χ0n) is 12.1. The van der Waals surface area contributed by atoms with Gasteiger partial charge in [0, 0.05) is 19.5 Å². The van der Waals surface area contributed by atoms with E-state index < -0.39 is 0 Å². The van der Waals surface area contributed by atoms with Gasteiger partial charge < -0.3 is 10.6 Å². The molecule has 1 aromatic carbocycles. The minimum absolute atomic E-state index is 0.0216. The summed E-state index contributed by atoms with van der Waals surface area (Å²) >= 11 is 0. The fourth-order valence-corrected chi connectivity index (χ4v) is 1.92. The maximum atomic E-state index is 11.9. The van der Waals surface area contributed by atoms with Crippen molar-refractivity contribution in [2.45, 2.75) is 25.7 Å². The smallest absolute Gasteiger partial charge is 0.243 e. The van der Waals surface area contributed by atoms with Crippen molar-refractivity contribution in [3.05, 3.63) is 48.6 Å². The molecule has 0 aliphatic carbocycles. The summed E-state index contributed by atoms with van der Waals surface area (Å²) in [5.74, 6) is -0.254. The molecule has 0 bridgehead atoms. The number of hydrogen-bond acceptors (Lipinski definition) is 2. The molecule has 0 unspecified atom stereocenters. The molecule has 0 saturated carbocycles. The predicted molar refractivity (Wildman–Crippen MR) is 80.3 cm³/mol. The van der Waals surface area contributed by atoms with Crippen molar-refractivity contribution in [1.29, 1.82) is 0 Å². The van der Waals surface area contributed by atoms with Gasteiger partial charge in [0.25, 0.3) is 0 Å². The molecular weight excluding hydrogens is 252 g/mol. The Bertz CT molecular complexity index is 467. The van der Waals surface area contributed by atoms with Gasteiger partial charge in [-0.2, -0.15) is 0 Å². The van der Waals surface area contributed by atoms with Crippen LogP contribution in [-0.4, -0.2) is 24.9 Å². The van der Waals surface area contributed by atoms with E-state index in [4.69, 9.17) is 0 Å². The molecule has 0 spiro atoms. The van der Waals surface area contributed by atoms with Gasteiger partial charge >= 0.3 is 0 Å². The summed E-state index contributed by atoms with van der Waals surface area (Å²) in [4.78, 5) is 22.8. The lowest BCUT2D eigenvalue weighted by atomic mass is 9.81. The second kappa shape index (κ2) is 7.48. The molecule has 2 amide bonds. The molecule has 4 nitrogen and oxygen atoms in total. The fraction of sp³-hybridized carbons (Fsp3) is 0.375. The minimum Gasteiger partial charge on any atom is -0.354 e. The van der Waals surface area contributed by atoms with Crippen molar-refractivity contribution in [3.8, 4) is 0 Å². The SMILES string of the molecule is C=CC(=O)NCCNC(=O)CC(C)(C)c1ccccc1. The summed E-state index contributed by atoms with van der Waals surface area (Å²) < 4.78 is 0. The van der Waals surface area contributed by atoms with Crippen LogP contribution in [0.15, 0.2) is 43.0 Å². The van der Waals surface area contributed by atoms with Crippen LogP contribution >= 0.6 is 0 Å². The zero-order valence-corrected chi connectivity index (χ0v) is 12.1. The summed E-state index contributed by atoms with van der Waals surface area (Å²) in [7, 11) is 0. The van der Waals surface area contributed by atoms with Crippen LogP contribution < -0.4 is 10.6 Å². The minimum atomic E-state index is -0.233. The van der Waals surface area contributed by atoms with E-state index in [0.29, 0.717) is 19.5 Å². The van der Waals surface area contributed by atoms with Gasteiger partial charge in [-0.1, -0.05) is 50.8 Å². The van der Waals surface area contributed by atoms with Crippen LogP contribution in [0.25, 0.3) is 0 Å². The lowest BCUT2D eigenvalue weighted by Gasteiger charge is -2.24. The number of nitrogens with one attached hydrogen (secondary N) is 2. The summed E-state index contributed by atoms with van der Waals surface area (Å²) in [5, 5.41) is 5.41. The van der Waals surface area contributed by atoms with Crippen LogP contribution in [0.3, 0.4) is 0 Å². The maximum Gasteiger partial charge on any atom is 0.243 e. The quantitative estimate of drug-likeness (QED) is 0.588. The predicted octanol–water partition coefficient (Wildman–Crippen LogP) is 1.77. The third kappa shape index (κ3) is 5.26. The lowest BCUT2D eigenvalue weighted by molar-refractivity contribution is -0.122. The average molecular weight is 274 g/mol. The van der Waals surface area contributed by atoms with E-state index in [9.17, 15) is 9.59 Å². The molecule has 0 aliphatic heterocycles. The van der Waals surface area contributed by atoms with Crippen molar-refractivity contribution in [3.63, 3.8) is 0 Å². The Hall–Kier alpha value is -2.10. The van der Waals surface area contributed by atoms with E-state index in [1.54, 1.807) is 0 Å². The molecule has 0 heterocycles. The van der Waals surface area contributed by atoms with E-state index in [0.717, 1.165) is 5.56 Å². The highest BCUT2D eigenvalue weighted by Crippen LogP contribution is 2.26. The van der Waals surface area contributed by atoms with Gasteiger partial charge in [0.1, 0.15) is 0 Å². The second-order valence-corrected chi connectivity index (χ2v) is 5.27. The zero-order chi connectivity index (χ0) is 15.0. The molecule has 1 rings (SSSR count). The van der Waals surface area contributed by atoms with Crippen LogP contribution in [0.1, 0.15) is 25.8 Å². The van der Waals surface area contributed by atoms with Gasteiger partial charge in [0.15, 0.2) is 0 Å². The van der Waals surface area contributed by atoms with Gasteiger partial charge in [-0.05, 0) is 17.1 Å². The molecule has 0 radical (unpaired) electrons. The molecule has 0 aromatic heterocycles. The van der Waals surface area contributed by atoms with E-state index >= 15 is 0 Å². The van der Waals surface area contributed by atoms with E-state index in [1.165, 1.54) is 6.08 Å². The highest BCUT2D eigenvalue weighted by molar-refractivity contribution is 5.86. The Morgan fingerprint density at radius 1 is 1.15 bits per heavy atom. The standard InChI is InChI=1S/C16H22N2O2/c1-4-14(19)17-10-11-18-15(20)12-16(2,3)13-8-6-5-7-9-13/h4-9H,1,10-12H2,2-3H3,(H,17,19)(H,18,20). The molecule has 0 fully saturated rings. The first kappa shape index (κ1) is 16.0. The number of carbonyl (C=O) groups excluding carboxylic acids is 2. The van der Waals surface area contributed by atoms with Crippen molar-refractivity contribution in [2.75, 3.05) is 13.1 Å². The molecule has 1 aromatic rings. The molecule has 0 aliphatic rings. The van der Waals surface area contributed by atoms with Gasteiger partial charge in [-0.15, -0.1) is 0 Å². The Labute approximate surface area is 120 Å².